The summed E-state index contributed by atoms with van der Waals surface area (Å²) in [6.45, 7) is 10.7. The molecule has 1 N–H and O–H groups in total. The Morgan fingerprint density at radius 2 is 2.00 bits per heavy atom. The SMILES string of the molecule is Cc1cccc(NC(=O)/C(C#N)=C\c2ccc3c(c2)C(C)CC(C)(C)N3C)c1C. The van der Waals surface area contributed by atoms with Gasteiger partial charge in [-0.15, -0.1) is 0 Å². The van der Waals surface area contributed by atoms with Crippen molar-refractivity contribution < 1.29 is 4.79 Å². The van der Waals surface area contributed by atoms with Crippen LogP contribution in [0.15, 0.2) is 42.0 Å². The van der Waals surface area contributed by atoms with Gasteiger partial charge >= 0.3 is 0 Å². The summed E-state index contributed by atoms with van der Waals surface area (Å²) < 4.78 is 0. The third-order valence-electron chi connectivity index (χ3n) is 6.19. The maximum Gasteiger partial charge on any atom is 0.266 e. The Balaban J connectivity index is 1.90. The Bertz CT molecular complexity index is 1030. The van der Waals surface area contributed by atoms with Gasteiger partial charge in [-0.1, -0.05) is 25.1 Å². The molecule has 29 heavy (non-hydrogen) atoms. The molecular formula is C25H29N3O. The third kappa shape index (κ3) is 4.05. The van der Waals surface area contributed by atoms with Gasteiger partial charge in [-0.25, -0.2) is 0 Å². The van der Waals surface area contributed by atoms with Gasteiger partial charge in [0.25, 0.3) is 5.91 Å². The van der Waals surface area contributed by atoms with Crippen LogP contribution in [-0.4, -0.2) is 18.5 Å². The van der Waals surface area contributed by atoms with E-state index in [1.165, 1.54) is 11.3 Å². The molecule has 3 rings (SSSR count). The number of fused-ring (bicyclic) bond motifs is 1. The molecule has 0 aromatic heterocycles. The van der Waals surface area contributed by atoms with Crippen LogP contribution in [0.3, 0.4) is 0 Å². The number of hydrogen-bond acceptors (Lipinski definition) is 3. The van der Waals surface area contributed by atoms with Crippen molar-refractivity contribution in [3.8, 4) is 6.07 Å². The highest BCUT2D eigenvalue weighted by atomic mass is 16.1. The van der Waals surface area contributed by atoms with Crippen molar-refractivity contribution in [2.24, 2.45) is 0 Å². The second-order valence-electron chi connectivity index (χ2n) is 8.67. The number of amides is 1. The van der Waals surface area contributed by atoms with Crippen molar-refractivity contribution in [3.63, 3.8) is 0 Å². The number of hydrogen-bond donors (Lipinski definition) is 1. The summed E-state index contributed by atoms with van der Waals surface area (Å²) in [4.78, 5) is 15.0. The zero-order valence-corrected chi connectivity index (χ0v) is 18.1. The van der Waals surface area contributed by atoms with Crippen LogP contribution in [0, 0.1) is 25.2 Å². The zero-order valence-electron chi connectivity index (χ0n) is 18.1. The normalized spacial score (nSPS) is 18.0. The molecule has 2 aromatic carbocycles. The minimum Gasteiger partial charge on any atom is -0.369 e. The zero-order chi connectivity index (χ0) is 21.3. The maximum atomic E-state index is 12.7. The number of nitrogens with one attached hydrogen (secondary N) is 1. The number of anilines is 2. The van der Waals surface area contributed by atoms with Gasteiger partial charge in [0.05, 0.1) is 0 Å². The molecule has 1 aliphatic heterocycles. The van der Waals surface area contributed by atoms with Crippen LogP contribution in [0.1, 0.15) is 55.4 Å². The van der Waals surface area contributed by atoms with Gasteiger partial charge in [0.15, 0.2) is 0 Å². The predicted molar refractivity (Wildman–Crippen MR) is 120 cm³/mol. The molecule has 2 aromatic rings. The first-order chi connectivity index (χ1) is 13.6. The first kappa shape index (κ1) is 20.7. The van der Waals surface area contributed by atoms with Gasteiger partial charge < -0.3 is 10.2 Å². The molecule has 0 saturated heterocycles. The van der Waals surface area contributed by atoms with E-state index in [-0.39, 0.29) is 17.0 Å². The van der Waals surface area contributed by atoms with Crippen molar-refractivity contribution in [2.75, 3.05) is 17.3 Å². The maximum absolute atomic E-state index is 12.7. The van der Waals surface area contributed by atoms with E-state index in [1.807, 2.05) is 38.1 Å². The number of nitrogens with zero attached hydrogens (tertiary/aromatic N) is 2. The summed E-state index contributed by atoms with van der Waals surface area (Å²) in [6.07, 6.45) is 2.73. The monoisotopic (exact) mass is 387 g/mol. The van der Waals surface area contributed by atoms with Crippen molar-refractivity contribution in [2.45, 2.75) is 52.5 Å². The summed E-state index contributed by atoms with van der Waals surface area (Å²) >= 11 is 0. The number of aryl methyl sites for hydroxylation is 1. The Labute approximate surface area is 173 Å². The lowest BCUT2D eigenvalue weighted by Gasteiger charge is -2.45. The summed E-state index contributed by atoms with van der Waals surface area (Å²) in [5.41, 5.74) is 6.38. The lowest BCUT2D eigenvalue weighted by molar-refractivity contribution is -0.112. The van der Waals surface area contributed by atoms with E-state index in [4.69, 9.17) is 0 Å². The molecule has 0 radical (unpaired) electrons. The van der Waals surface area contributed by atoms with Gasteiger partial charge in [0, 0.05) is 24.0 Å². The van der Waals surface area contributed by atoms with Crippen molar-refractivity contribution >= 4 is 23.4 Å². The molecular weight excluding hydrogens is 358 g/mol. The molecule has 1 heterocycles. The molecule has 4 heteroatoms. The number of carbonyl (C=O) groups excluding carboxylic acids is 1. The first-order valence-corrected chi connectivity index (χ1v) is 10.0. The second kappa shape index (κ2) is 7.75. The average molecular weight is 388 g/mol. The van der Waals surface area contributed by atoms with Gasteiger partial charge in [0.1, 0.15) is 11.6 Å². The third-order valence-corrected chi connectivity index (χ3v) is 6.19. The van der Waals surface area contributed by atoms with Gasteiger partial charge in [-0.3, -0.25) is 4.79 Å². The standard InChI is InChI=1S/C25H29N3O/c1-16-8-7-9-22(18(16)3)27-24(29)20(15-26)12-19-10-11-23-21(13-19)17(2)14-25(4,5)28(23)6/h7-13,17H,14H2,1-6H3,(H,27,29)/b20-12-. The summed E-state index contributed by atoms with van der Waals surface area (Å²) in [5, 5.41) is 12.4. The van der Waals surface area contributed by atoms with Gasteiger partial charge in [-0.2, -0.15) is 5.26 Å². The summed E-state index contributed by atoms with van der Waals surface area (Å²) in [6, 6.07) is 14.0. The molecule has 1 unspecified atom stereocenters. The fraction of sp³-hybridized carbons (Fsp3) is 0.360. The molecule has 0 aliphatic carbocycles. The van der Waals surface area contributed by atoms with E-state index < -0.39 is 0 Å². The molecule has 0 spiro atoms. The van der Waals surface area contributed by atoms with E-state index in [0.717, 1.165) is 28.8 Å². The van der Waals surface area contributed by atoms with Crippen LogP contribution in [0.25, 0.3) is 6.08 Å². The second-order valence-corrected chi connectivity index (χ2v) is 8.67. The minimum absolute atomic E-state index is 0.100. The molecule has 0 bridgehead atoms. The topological polar surface area (TPSA) is 56.1 Å². The molecule has 0 fully saturated rings. The predicted octanol–water partition coefficient (Wildman–Crippen LogP) is 5.57. The minimum atomic E-state index is -0.384. The molecule has 4 nitrogen and oxygen atoms in total. The fourth-order valence-corrected chi connectivity index (χ4v) is 4.08. The average Bonchev–Trinajstić information content (AvgIpc) is 2.67. The molecule has 1 aliphatic rings. The lowest BCUT2D eigenvalue weighted by Crippen LogP contribution is -2.45. The van der Waals surface area contributed by atoms with Crippen molar-refractivity contribution in [1.82, 2.24) is 0 Å². The first-order valence-electron chi connectivity index (χ1n) is 10.0. The van der Waals surface area contributed by atoms with E-state index in [1.54, 1.807) is 6.08 Å². The van der Waals surface area contributed by atoms with Gasteiger partial charge in [-0.05, 0) is 86.6 Å². The smallest absolute Gasteiger partial charge is 0.266 e. The Hall–Kier alpha value is -3.06. The lowest BCUT2D eigenvalue weighted by atomic mass is 9.80. The Morgan fingerprint density at radius 3 is 2.69 bits per heavy atom. The molecule has 1 atom stereocenters. The number of carbonyl (C=O) groups is 1. The van der Waals surface area contributed by atoms with Crippen LogP contribution in [0.4, 0.5) is 11.4 Å². The van der Waals surface area contributed by atoms with Gasteiger partial charge in [0.2, 0.25) is 0 Å². The molecule has 1 amide bonds. The van der Waals surface area contributed by atoms with E-state index in [2.05, 4.69) is 56.2 Å². The fourth-order valence-electron chi connectivity index (χ4n) is 4.08. The quantitative estimate of drug-likeness (QED) is 0.553. The highest BCUT2D eigenvalue weighted by Crippen LogP contribution is 2.42. The van der Waals surface area contributed by atoms with Crippen LogP contribution >= 0.6 is 0 Å². The summed E-state index contributed by atoms with van der Waals surface area (Å²) in [5.74, 6) is 0.0316. The highest BCUT2D eigenvalue weighted by molar-refractivity contribution is 6.10. The van der Waals surface area contributed by atoms with E-state index in [0.29, 0.717) is 5.92 Å². The van der Waals surface area contributed by atoms with Crippen molar-refractivity contribution in [1.29, 1.82) is 5.26 Å². The largest absolute Gasteiger partial charge is 0.369 e. The number of rotatable bonds is 3. The van der Waals surface area contributed by atoms with Crippen LogP contribution < -0.4 is 10.2 Å². The van der Waals surface area contributed by atoms with E-state index in [9.17, 15) is 10.1 Å². The molecule has 150 valence electrons. The number of benzene rings is 2. The number of nitriles is 1. The van der Waals surface area contributed by atoms with E-state index >= 15 is 0 Å². The molecule has 0 saturated carbocycles. The van der Waals surface area contributed by atoms with Crippen LogP contribution in [0.2, 0.25) is 0 Å². The highest BCUT2D eigenvalue weighted by Gasteiger charge is 2.33. The Morgan fingerprint density at radius 1 is 1.28 bits per heavy atom. The summed E-state index contributed by atoms with van der Waals surface area (Å²) in [7, 11) is 2.12. The van der Waals surface area contributed by atoms with Crippen LogP contribution in [0.5, 0.6) is 0 Å². The van der Waals surface area contributed by atoms with Crippen LogP contribution in [-0.2, 0) is 4.79 Å². The Kier molecular flexibility index (Phi) is 5.53. The van der Waals surface area contributed by atoms with Crippen molar-refractivity contribution in [3.05, 3.63) is 64.2 Å².